The fourth-order valence-electron chi connectivity index (χ4n) is 0.742. The van der Waals surface area contributed by atoms with E-state index in [9.17, 15) is 4.79 Å². The standard InChI is InChI=1S/C8H8O2S.Na/c1-5(9)6-2-3-8(11)7(10)4-6;/h2-4,10-11H,1H3;. The summed E-state index contributed by atoms with van der Waals surface area (Å²) in [6.45, 7) is 1.45. The van der Waals surface area contributed by atoms with Crippen LogP contribution < -0.4 is 0 Å². The molecule has 0 spiro atoms. The Kier molecular flexibility index (Phi) is 4.94. The van der Waals surface area contributed by atoms with Gasteiger partial charge in [0.05, 0.1) is 0 Å². The Balaban J connectivity index is 0.00000121. The molecule has 0 saturated carbocycles. The summed E-state index contributed by atoms with van der Waals surface area (Å²) in [5.41, 5.74) is 0.500. The Bertz CT molecular complexity index is 299. The number of phenols is 1. The van der Waals surface area contributed by atoms with E-state index in [2.05, 4.69) is 12.6 Å². The minimum Gasteiger partial charge on any atom is -0.507 e. The van der Waals surface area contributed by atoms with Gasteiger partial charge in [-0.1, -0.05) is 6.07 Å². The van der Waals surface area contributed by atoms with E-state index in [1.54, 1.807) is 12.1 Å². The van der Waals surface area contributed by atoms with E-state index in [4.69, 9.17) is 5.11 Å². The van der Waals surface area contributed by atoms with E-state index >= 15 is 0 Å². The molecule has 0 atom stereocenters. The zero-order chi connectivity index (χ0) is 8.43. The second-order valence-corrected chi connectivity index (χ2v) is 2.74. The number of rotatable bonds is 1. The van der Waals surface area contributed by atoms with Crippen molar-refractivity contribution in [3.05, 3.63) is 23.8 Å². The van der Waals surface area contributed by atoms with Crippen LogP contribution in [0.3, 0.4) is 0 Å². The summed E-state index contributed by atoms with van der Waals surface area (Å²) in [7, 11) is 0. The Morgan fingerprint density at radius 2 is 2.08 bits per heavy atom. The number of hydrogen-bond acceptors (Lipinski definition) is 3. The molecule has 0 amide bonds. The van der Waals surface area contributed by atoms with Gasteiger partial charge in [-0.3, -0.25) is 4.79 Å². The molecule has 0 saturated heterocycles. The summed E-state index contributed by atoms with van der Waals surface area (Å²) >= 11 is 3.95. The second-order valence-electron chi connectivity index (χ2n) is 2.26. The number of carbonyl (C=O) groups is 1. The number of thiol groups is 1. The van der Waals surface area contributed by atoms with Crippen LogP contribution >= 0.6 is 12.6 Å². The summed E-state index contributed by atoms with van der Waals surface area (Å²) < 4.78 is 0. The van der Waals surface area contributed by atoms with Crippen LogP contribution in [-0.4, -0.2) is 40.4 Å². The molecule has 12 heavy (non-hydrogen) atoms. The van der Waals surface area contributed by atoms with Crippen molar-refractivity contribution in [1.29, 1.82) is 0 Å². The van der Waals surface area contributed by atoms with E-state index in [1.807, 2.05) is 0 Å². The number of hydrogen-bond donors (Lipinski definition) is 2. The van der Waals surface area contributed by atoms with Gasteiger partial charge in [-0.2, -0.15) is 0 Å². The molecule has 1 aromatic rings. The molecule has 0 aromatic heterocycles. The van der Waals surface area contributed by atoms with Crippen molar-refractivity contribution < 1.29 is 9.90 Å². The molecule has 0 unspecified atom stereocenters. The van der Waals surface area contributed by atoms with Crippen LogP contribution in [-0.2, 0) is 0 Å². The third kappa shape index (κ3) is 2.83. The van der Waals surface area contributed by atoms with E-state index in [0.29, 0.717) is 10.5 Å². The minimum absolute atomic E-state index is 0. The van der Waals surface area contributed by atoms with Gasteiger partial charge in [0, 0.05) is 40.0 Å². The Labute approximate surface area is 98.7 Å². The third-order valence-corrected chi connectivity index (χ3v) is 1.76. The largest absolute Gasteiger partial charge is 0.507 e. The summed E-state index contributed by atoms with van der Waals surface area (Å²) in [4.78, 5) is 11.3. The van der Waals surface area contributed by atoms with Gasteiger partial charge < -0.3 is 5.11 Å². The molecule has 2 nitrogen and oxygen atoms in total. The number of carbonyl (C=O) groups excluding carboxylic acids is 1. The monoisotopic (exact) mass is 191 g/mol. The van der Waals surface area contributed by atoms with Gasteiger partial charge in [0.2, 0.25) is 0 Å². The van der Waals surface area contributed by atoms with Crippen LogP contribution in [0.15, 0.2) is 23.1 Å². The molecule has 0 fully saturated rings. The van der Waals surface area contributed by atoms with Crippen LogP contribution in [0.4, 0.5) is 0 Å². The van der Waals surface area contributed by atoms with E-state index in [1.165, 1.54) is 13.0 Å². The van der Waals surface area contributed by atoms with Crippen molar-refractivity contribution in [1.82, 2.24) is 0 Å². The van der Waals surface area contributed by atoms with Crippen molar-refractivity contribution in [2.45, 2.75) is 11.8 Å². The van der Waals surface area contributed by atoms with Gasteiger partial charge in [-0.15, -0.1) is 12.6 Å². The fourth-order valence-corrected chi connectivity index (χ4v) is 0.882. The molecule has 0 aliphatic heterocycles. The van der Waals surface area contributed by atoms with Crippen molar-refractivity contribution >= 4 is 48.0 Å². The average molecular weight is 191 g/mol. The fraction of sp³-hybridized carbons (Fsp3) is 0.125. The minimum atomic E-state index is -0.0615. The molecule has 1 aromatic carbocycles. The van der Waals surface area contributed by atoms with E-state index in [0.717, 1.165) is 0 Å². The average Bonchev–Trinajstić information content (AvgIpc) is 1.94. The molecule has 0 aliphatic rings. The van der Waals surface area contributed by atoms with Crippen molar-refractivity contribution in [2.75, 3.05) is 0 Å². The molecule has 4 heteroatoms. The molecular formula is C8H8NaO2S. The first-order valence-corrected chi connectivity index (χ1v) is 3.59. The zero-order valence-corrected chi connectivity index (χ0v) is 9.93. The predicted octanol–water partition coefficient (Wildman–Crippen LogP) is 1.50. The Morgan fingerprint density at radius 1 is 1.50 bits per heavy atom. The SMILES string of the molecule is CC(=O)c1ccc(S)c(O)c1.[Na]. The summed E-state index contributed by atoms with van der Waals surface area (Å²) in [5.74, 6) is -0.0188. The molecule has 0 heterocycles. The van der Waals surface area contributed by atoms with E-state index in [-0.39, 0.29) is 41.1 Å². The van der Waals surface area contributed by atoms with Gasteiger partial charge in [-0.05, 0) is 19.1 Å². The smallest absolute Gasteiger partial charge is 0.159 e. The number of benzene rings is 1. The molecule has 0 bridgehead atoms. The van der Waals surface area contributed by atoms with Gasteiger partial charge in [-0.25, -0.2) is 0 Å². The van der Waals surface area contributed by atoms with Gasteiger partial charge in [0.25, 0.3) is 0 Å². The summed E-state index contributed by atoms with van der Waals surface area (Å²) in [6, 6.07) is 4.63. The first kappa shape index (κ1) is 12.0. The topological polar surface area (TPSA) is 37.3 Å². The number of ketones is 1. The predicted molar refractivity (Wildman–Crippen MR) is 51.1 cm³/mol. The Hall–Kier alpha value is 0.0400. The van der Waals surface area contributed by atoms with Crippen molar-refractivity contribution in [3.63, 3.8) is 0 Å². The quantitative estimate of drug-likeness (QED) is 0.401. The van der Waals surface area contributed by atoms with Crippen LogP contribution in [0.1, 0.15) is 17.3 Å². The third-order valence-electron chi connectivity index (χ3n) is 1.38. The molecule has 59 valence electrons. The van der Waals surface area contributed by atoms with Crippen LogP contribution in [0.25, 0.3) is 0 Å². The van der Waals surface area contributed by atoms with Gasteiger partial charge in [0.1, 0.15) is 5.75 Å². The molecule has 1 rings (SSSR count). The van der Waals surface area contributed by atoms with Crippen molar-refractivity contribution in [3.8, 4) is 5.75 Å². The van der Waals surface area contributed by atoms with E-state index < -0.39 is 0 Å². The van der Waals surface area contributed by atoms with Crippen LogP contribution in [0.2, 0.25) is 0 Å². The molecular weight excluding hydrogens is 183 g/mol. The number of Topliss-reactive ketones (excluding diaryl/α,β-unsaturated/α-hetero) is 1. The maximum Gasteiger partial charge on any atom is 0.159 e. The maximum absolute atomic E-state index is 10.8. The van der Waals surface area contributed by atoms with Crippen LogP contribution in [0.5, 0.6) is 5.75 Å². The first-order chi connectivity index (χ1) is 5.11. The summed E-state index contributed by atoms with van der Waals surface area (Å²) in [5, 5.41) is 9.12. The first-order valence-electron chi connectivity index (χ1n) is 3.14. The molecule has 1 N–H and O–H groups in total. The number of aromatic hydroxyl groups is 1. The van der Waals surface area contributed by atoms with Crippen molar-refractivity contribution in [2.24, 2.45) is 0 Å². The maximum atomic E-state index is 10.8. The molecule has 0 aliphatic carbocycles. The van der Waals surface area contributed by atoms with Crippen LogP contribution in [0, 0.1) is 0 Å². The number of phenolic OH excluding ortho intramolecular Hbond substituents is 1. The van der Waals surface area contributed by atoms with Gasteiger partial charge >= 0.3 is 0 Å². The van der Waals surface area contributed by atoms with Gasteiger partial charge in [0.15, 0.2) is 5.78 Å². The Morgan fingerprint density at radius 3 is 2.50 bits per heavy atom. The second kappa shape index (κ2) is 4.92. The zero-order valence-electron chi connectivity index (χ0n) is 7.03. The summed E-state index contributed by atoms with van der Waals surface area (Å²) in [6.07, 6.45) is 0. The normalized spacial score (nSPS) is 8.83. The molecule has 1 radical (unpaired) electrons.